The van der Waals surface area contributed by atoms with E-state index in [1.54, 1.807) is 24.3 Å². The number of hydrogen-bond acceptors (Lipinski definition) is 3. The molecule has 0 aliphatic heterocycles. The van der Waals surface area contributed by atoms with Crippen LogP contribution in [0.25, 0.3) is 12.2 Å². The third kappa shape index (κ3) is 4.06. The third-order valence-corrected chi connectivity index (χ3v) is 4.38. The second-order valence-corrected chi connectivity index (χ2v) is 6.26. The van der Waals surface area contributed by atoms with Crippen LogP contribution in [0.3, 0.4) is 0 Å². The Morgan fingerprint density at radius 3 is 2.42 bits per heavy atom. The second kappa shape index (κ2) is 7.79. The van der Waals surface area contributed by atoms with Gasteiger partial charge in [-0.2, -0.15) is 0 Å². The fourth-order valence-electron chi connectivity index (χ4n) is 3.00. The first kappa shape index (κ1) is 17.6. The van der Waals surface area contributed by atoms with Crippen molar-refractivity contribution in [2.45, 2.75) is 13.3 Å². The van der Waals surface area contributed by atoms with E-state index in [0.29, 0.717) is 5.75 Å². The van der Waals surface area contributed by atoms with Crippen molar-refractivity contribution in [1.29, 1.82) is 0 Å². The van der Waals surface area contributed by atoms with Gasteiger partial charge < -0.3 is 14.9 Å². The van der Waals surface area contributed by atoms with Crippen LogP contribution in [-0.2, 0) is 6.42 Å². The number of aromatic hydroxyl groups is 2. The summed E-state index contributed by atoms with van der Waals surface area (Å²) in [5.74, 6) is 0.800. The minimum Gasteiger partial charge on any atom is -0.508 e. The molecule has 0 unspecified atom stereocenters. The molecule has 0 saturated carbocycles. The van der Waals surface area contributed by atoms with E-state index in [2.05, 4.69) is 12.1 Å². The lowest BCUT2D eigenvalue weighted by Gasteiger charge is -2.12. The fraction of sp³-hybridized carbons (Fsp3) is 0.130. The molecule has 3 rings (SSSR count). The van der Waals surface area contributed by atoms with Crippen LogP contribution >= 0.6 is 0 Å². The van der Waals surface area contributed by atoms with E-state index in [4.69, 9.17) is 4.74 Å². The quantitative estimate of drug-likeness (QED) is 0.626. The number of hydrogen-bond donors (Lipinski definition) is 2. The van der Waals surface area contributed by atoms with Gasteiger partial charge in [-0.3, -0.25) is 0 Å². The maximum atomic E-state index is 10.0. The summed E-state index contributed by atoms with van der Waals surface area (Å²) in [6.45, 7) is 2.01. The standard InChI is InChI=1S/C23H22O3/c1-16-12-20(24)15-19(21(16)13-17-6-4-3-5-7-17)10-8-18-9-11-22(25)23(14-18)26-2/h3-12,14-15,24-25H,13H2,1-2H3/b10-8+. The van der Waals surface area contributed by atoms with Crippen molar-refractivity contribution in [2.75, 3.05) is 7.11 Å². The number of rotatable bonds is 5. The Morgan fingerprint density at radius 2 is 1.69 bits per heavy atom. The highest BCUT2D eigenvalue weighted by molar-refractivity contribution is 5.74. The molecule has 0 spiro atoms. The molecule has 0 aromatic heterocycles. The molecule has 0 amide bonds. The van der Waals surface area contributed by atoms with Gasteiger partial charge in [0.15, 0.2) is 11.5 Å². The summed E-state index contributed by atoms with van der Waals surface area (Å²) in [5.41, 5.74) is 5.33. The van der Waals surface area contributed by atoms with E-state index in [-0.39, 0.29) is 11.5 Å². The number of phenols is 2. The average Bonchev–Trinajstić information content (AvgIpc) is 2.64. The van der Waals surface area contributed by atoms with Gasteiger partial charge in [0.05, 0.1) is 7.11 Å². The Labute approximate surface area is 153 Å². The summed E-state index contributed by atoms with van der Waals surface area (Å²) in [4.78, 5) is 0. The minimum atomic E-state index is 0.114. The van der Waals surface area contributed by atoms with Gasteiger partial charge >= 0.3 is 0 Å². The Balaban J connectivity index is 1.96. The van der Waals surface area contributed by atoms with E-state index in [1.807, 2.05) is 43.3 Å². The SMILES string of the molecule is COc1cc(/C=C/c2cc(O)cc(C)c2Cc2ccccc2)ccc1O. The summed E-state index contributed by atoms with van der Waals surface area (Å²) >= 11 is 0. The fourth-order valence-corrected chi connectivity index (χ4v) is 3.00. The van der Waals surface area contributed by atoms with Crippen molar-refractivity contribution in [3.05, 3.63) is 88.5 Å². The highest BCUT2D eigenvalue weighted by atomic mass is 16.5. The van der Waals surface area contributed by atoms with Crippen LogP contribution in [0.2, 0.25) is 0 Å². The van der Waals surface area contributed by atoms with Crippen LogP contribution in [0.4, 0.5) is 0 Å². The predicted molar refractivity (Wildman–Crippen MR) is 106 cm³/mol. The van der Waals surface area contributed by atoms with Gasteiger partial charge in [-0.05, 0) is 65.4 Å². The highest BCUT2D eigenvalue weighted by Crippen LogP contribution is 2.29. The third-order valence-electron chi connectivity index (χ3n) is 4.38. The second-order valence-electron chi connectivity index (χ2n) is 6.26. The molecule has 3 aromatic rings. The smallest absolute Gasteiger partial charge is 0.161 e. The summed E-state index contributed by atoms with van der Waals surface area (Å²) in [7, 11) is 1.53. The van der Waals surface area contributed by atoms with Gasteiger partial charge in [-0.25, -0.2) is 0 Å². The molecule has 3 nitrogen and oxygen atoms in total. The Kier molecular flexibility index (Phi) is 5.28. The normalized spacial score (nSPS) is 11.0. The van der Waals surface area contributed by atoms with E-state index in [9.17, 15) is 10.2 Å². The molecule has 0 atom stereocenters. The maximum absolute atomic E-state index is 10.0. The summed E-state index contributed by atoms with van der Waals surface area (Å²) in [6.07, 6.45) is 4.73. The Bertz CT molecular complexity index is 928. The summed E-state index contributed by atoms with van der Waals surface area (Å²) < 4.78 is 5.15. The topological polar surface area (TPSA) is 49.7 Å². The lowest BCUT2D eigenvalue weighted by Crippen LogP contribution is -1.95. The number of benzene rings is 3. The van der Waals surface area contributed by atoms with Crippen LogP contribution < -0.4 is 4.74 Å². The molecular weight excluding hydrogens is 324 g/mol. The van der Waals surface area contributed by atoms with E-state index in [0.717, 1.165) is 23.1 Å². The predicted octanol–water partition coefficient (Wildman–Crippen LogP) is 5.18. The summed E-state index contributed by atoms with van der Waals surface area (Å²) in [5, 5.41) is 19.7. The lowest BCUT2D eigenvalue weighted by molar-refractivity contribution is 0.373. The zero-order chi connectivity index (χ0) is 18.5. The molecule has 0 heterocycles. The van der Waals surface area contributed by atoms with E-state index < -0.39 is 0 Å². The minimum absolute atomic E-state index is 0.114. The van der Waals surface area contributed by atoms with Crippen LogP contribution in [0.5, 0.6) is 17.2 Å². The monoisotopic (exact) mass is 346 g/mol. The maximum Gasteiger partial charge on any atom is 0.161 e. The first-order valence-electron chi connectivity index (χ1n) is 8.48. The van der Waals surface area contributed by atoms with Crippen LogP contribution in [0.15, 0.2) is 60.7 Å². The highest BCUT2D eigenvalue weighted by Gasteiger charge is 2.08. The molecule has 0 saturated heterocycles. The largest absolute Gasteiger partial charge is 0.508 e. The molecule has 26 heavy (non-hydrogen) atoms. The van der Waals surface area contributed by atoms with Gasteiger partial charge in [0.25, 0.3) is 0 Å². The number of methoxy groups -OCH3 is 1. The lowest BCUT2D eigenvalue weighted by atomic mass is 9.94. The average molecular weight is 346 g/mol. The van der Waals surface area contributed by atoms with E-state index in [1.165, 1.54) is 18.2 Å². The molecule has 3 heteroatoms. The molecular formula is C23H22O3. The molecule has 0 radical (unpaired) electrons. The summed E-state index contributed by atoms with van der Waals surface area (Å²) in [6, 6.07) is 19.0. The van der Waals surface area contributed by atoms with Crippen molar-refractivity contribution < 1.29 is 14.9 Å². The van der Waals surface area contributed by atoms with Gasteiger partial charge in [0.1, 0.15) is 5.75 Å². The first-order chi connectivity index (χ1) is 12.6. The van der Waals surface area contributed by atoms with Crippen LogP contribution in [0, 0.1) is 6.92 Å². The zero-order valence-corrected chi connectivity index (χ0v) is 14.9. The molecule has 3 aromatic carbocycles. The molecule has 2 N–H and O–H groups in total. The number of phenolic OH excluding ortho intramolecular Hbond substituents is 2. The van der Waals surface area contributed by atoms with Gasteiger partial charge in [-0.1, -0.05) is 48.6 Å². The van der Waals surface area contributed by atoms with Gasteiger partial charge in [0.2, 0.25) is 0 Å². The van der Waals surface area contributed by atoms with Crippen LogP contribution in [-0.4, -0.2) is 17.3 Å². The molecule has 0 bridgehead atoms. The molecule has 0 aliphatic carbocycles. The van der Waals surface area contributed by atoms with Crippen molar-refractivity contribution in [3.8, 4) is 17.2 Å². The number of aryl methyl sites for hydroxylation is 1. The van der Waals surface area contributed by atoms with Crippen LogP contribution in [0.1, 0.15) is 27.8 Å². The number of ether oxygens (including phenoxy) is 1. The molecule has 132 valence electrons. The van der Waals surface area contributed by atoms with Gasteiger partial charge in [0, 0.05) is 0 Å². The van der Waals surface area contributed by atoms with Crippen molar-refractivity contribution in [1.82, 2.24) is 0 Å². The molecule has 0 aliphatic rings. The van der Waals surface area contributed by atoms with Crippen molar-refractivity contribution in [3.63, 3.8) is 0 Å². The van der Waals surface area contributed by atoms with Crippen molar-refractivity contribution in [2.24, 2.45) is 0 Å². The molecule has 0 fully saturated rings. The Hall–Kier alpha value is -3.20. The Morgan fingerprint density at radius 1 is 0.923 bits per heavy atom. The first-order valence-corrected chi connectivity index (χ1v) is 8.48. The van der Waals surface area contributed by atoms with Gasteiger partial charge in [-0.15, -0.1) is 0 Å². The zero-order valence-electron chi connectivity index (χ0n) is 14.9. The van der Waals surface area contributed by atoms with E-state index >= 15 is 0 Å². The van der Waals surface area contributed by atoms with Crippen molar-refractivity contribution >= 4 is 12.2 Å².